The summed E-state index contributed by atoms with van der Waals surface area (Å²) in [4.78, 5) is 0. The first-order valence-electron chi connectivity index (χ1n) is 44.9. The van der Waals surface area contributed by atoms with E-state index in [1.165, 1.54) is 88.0 Å². The highest BCUT2D eigenvalue weighted by Crippen LogP contribution is 2.58. The van der Waals surface area contributed by atoms with E-state index in [9.17, 15) is 105 Å². The van der Waals surface area contributed by atoms with Gasteiger partial charge in [0.1, 0.15) is 0 Å². The molecule has 734 valence electrons. The standard InChI is InChI=1S/C12H23F3.2C11H21F3.C10H19F3.C10H22.C9H17F3.C9H20.2C8H15F3.C7H13F3/c1-7-11(6,12(13,14)15)10(8(2)3)9(4)5;1-7(2)9(8(3)4)10(5,6)11(12,13)14;1-6-9(4,7-2)10(5,8-3)11(12,13)14;1-5-8(6-2)9(4,7-3)10(11,12)13;1-7-10(6,8-2)9(3,4)5;1-4-6-8(3,7-5-2)9(10,11)12;1-6-8(7-2)9(3,4)5;1-5-7(4,6(2)3)8(9,10)11;1-4-6-7(3,5-2)8(9,10)11;1-4-6(3,5-2)7(8,9)10/h8-10H,7H2,1-6H3;7-9H,1-6H3;6-8H2,1-5H3;8H,5-7H2,1-4H3;7-8H2,1-6H3;4-7H2,1-3H3;8H,6-7H2,1-5H3;6H,5H2,1-4H3;4-6H2,1-3H3;4-5H2,1-3H3/t11-;;10-;9-;;;;2*7-;/m0.00...00./s1. The van der Waals surface area contributed by atoms with Crippen molar-refractivity contribution in [2.24, 2.45) is 118 Å². The predicted octanol–water partition coefficient (Wildman–Crippen LogP) is 40.8. The molecule has 0 aliphatic heterocycles. The molecule has 0 aliphatic carbocycles. The molecule has 0 bridgehead atoms. The highest BCUT2D eigenvalue weighted by atomic mass is 19.4. The van der Waals surface area contributed by atoms with Gasteiger partial charge in [0.15, 0.2) is 0 Å². The minimum Gasteiger partial charge on any atom is -0.171 e. The van der Waals surface area contributed by atoms with Crippen LogP contribution in [-0.2, 0) is 0 Å². The van der Waals surface area contributed by atoms with Crippen LogP contribution in [0.15, 0.2) is 0 Å². The summed E-state index contributed by atoms with van der Waals surface area (Å²) >= 11 is 0. The Kier molecular flexibility index (Phi) is 64.8. The van der Waals surface area contributed by atoms with Gasteiger partial charge in [0.2, 0.25) is 0 Å². The molecule has 0 radical (unpaired) electrons. The molecule has 0 saturated heterocycles. The Labute approximate surface area is 716 Å². The van der Waals surface area contributed by atoms with Crippen LogP contribution in [0.3, 0.4) is 0 Å². The van der Waals surface area contributed by atoms with Gasteiger partial charge < -0.3 is 0 Å². The molecule has 0 aromatic carbocycles. The van der Waals surface area contributed by atoms with E-state index in [4.69, 9.17) is 0 Å². The van der Waals surface area contributed by atoms with E-state index in [0.29, 0.717) is 61.2 Å². The first-order chi connectivity index (χ1) is 52.4. The Hall–Kier alpha value is -1.68. The van der Waals surface area contributed by atoms with Gasteiger partial charge in [-0.1, -0.05) is 369 Å². The predicted molar refractivity (Wildman–Crippen MR) is 461 cm³/mol. The van der Waals surface area contributed by atoms with Crippen molar-refractivity contribution in [2.75, 3.05) is 0 Å². The lowest BCUT2D eigenvalue weighted by molar-refractivity contribution is -0.259. The summed E-state index contributed by atoms with van der Waals surface area (Å²) in [6, 6.07) is 0. The van der Waals surface area contributed by atoms with Gasteiger partial charge in [-0.05, 0) is 152 Å². The minimum absolute atomic E-state index is 0.0478. The Balaban J connectivity index is -0.000000139. The molecule has 119 heavy (non-hydrogen) atoms. The molecule has 0 unspecified atom stereocenters. The molecular weight excluding hydrogens is 1600 g/mol. The lowest BCUT2D eigenvalue weighted by Gasteiger charge is -2.46. The molecule has 0 N–H and O–H groups in total. The van der Waals surface area contributed by atoms with Crippen molar-refractivity contribution in [2.45, 2.75) is 496 Å². The maximum absolute atomic E-state index is 13.1. The van der Waals surface area contributed by atoms with Crippen LogP contribution in [0, 0.1) is 118 Å². The zero-order valence-electron chi connectivity index (χ0n) is 84.1. The van der Waals surface area contributed by atoms with Crippen molar-refractivity contribution in [3.63, 3.8) is 0 Å². The third-order valence-corrected chi connectivity index (χ3v) is 29.1. The van der Waals surface area contributed by atoms with Gasteiger partial charge in [0.05, 0.1) is 43.3 Å². The van der Waals surface area contributed by atoms with Gasteiger partial charge in [0, 0.05) is 0 Å². The molecule has 0 nitrogen and oxygen atoms in total. The van der Waals surface area contributed by atoms with Gasteiger partial charge in [-0.15, -0.1) is 0 Å². The van der Waals surface area contributed by atoms with Crippen LogP contribution in [0.1, 0.15) is 446 Å². The van der Waals surface area contributed by atoms with Crippen molar-refractivity contribution < 1.29 is 105 Å². The number of hydrogen-bond acceptors (Lipinski definition) is 0. The first-order valence-corrected chi connectivity index (χ1v) is 44.9. The van der Waals surface area contributed by atoms with E-state index in [0.717, 1.165) is 5.92 Å². The van der Waals surface area contributed by atoms with Crippen LogP contribution >= 0.6 is 0 Å². The van der Waals surface area contributed by atoms with Crippen LogP contribution in [-0.4, -0.2) is 49.4 Å². The average molecular weight is 1780 g/mol. The van der Waals surface area contributed by atoms with Crippen LogP contribution in [0.5, 0.6) is 0 Å². The molecule has 0 spiro atoms. The van der Waals surface area contributed by atoms with Gasteiger partial charge >= 0.3 is 49.4 Å². The van der Waals surface area contributed by atoms with Crippen LogP contribution < -0.4 is 0 Å². The highest BCUT2D eigenvalue weighted by Gasteiger charge is 2.60. The van der Waals surface area contributed by atoms with E-state index in [1.807, 2.05) is 83.1 Å². The monoisotopic (exact) mass is 1780 g/mol. The van der Waals surface area contributed by atoms with E-state index in [-0.39, 0.29) is 112 Å². The molecule has 0 fully saturated rings. The quantitative estimate of drug-likeness (QED) is 0.0629. The fraction of sp³-hybridized carbons (Fsp3) is 1.00. The van der Waals surface area contributed by atoms with Crippen molar-refractivity contribution >= 4 is 0 Å². The third-order valence-electron chi connectivity index (χ3n) is 29.1. The molecule has 5 atom stereocenters. The zero-order chi connectivity index (χ0) is 99.0. The summed E-state index contributed by atoms with van der Waals surface area (Å²) in [5, 5.41) is 0. The van der Waals surface area contributed by atoms with E-state index >= 15 is 0 Å². The molecule has 0 aromatic rings. The van der Waals surface area contributed by atoms with E-state index < -0.39 is 98.1 Å². The number of hydrogen-bond donors (Lipinski definition) is 0. The number of rotatable bonds is 30. The topological polar surface area (TPSA) is 0 Å². The van der Waals surface area contributed by atoms with Gasteiger partial charge in [-0.3, -0.25) is 0 Å². The van der Waals surface area contributed by atoms with Gasteiger partial charge in [0.25, 0.3) is 0 Å². The molecule has 0 rings (SSSR count). The number of halogens is 24. The summed E-state index contributed by atoms with van der Waals surface area (Å²) in [5.74, 6) is -0.154. The molecule has 0 aromatic heterocycles. The van der Waals surface area contributed by atoms with Crippen molar-refractivity contribution in [1.29, 1.82) is 0 Å². The smallest absolute Gasteiger partial charge is 0.171 e. The fourth-order valence-corrected chi connectivity index (χ4v) is 16.4. The Bertz CT molecular complexity index is 2380. The normalized spacial score (nSPS) is 16.0. The second-order valence-corrected chi connectivity index (χ2v) is 40.1. The molecule has 0 heterocycles. The molecule has 24 heteroatoms. The maximum Gasteiger partial charge on any atom is 0.394 e. The highest BCUT2D eigenvalue weighted by molar-refractivity contribution is 4.96. The first kappa shape index (κ1) is 138. The molecule has 0 saturated carbocycles. The van der Waals surface area contributed by atoms with Crippen LogP contribution in [0.4, 0.5) is 105 Å². The van der Waals surface area contributed by atoms with Crippen LogP contribution in [0.2, 0.25) is 0 Å². The molecule has 0 aliphatic rings. The Morgan fingerprint density at radius 1 is 0.202 bits per heavy atom. The average Bonchev–Trinajstić information content (AvgIpc) is 0.766. The fourth-order valence-electron chi connectivity index (χ4n) is 16.4. The summed E-state index contributed by atoms with van der Waals surface area (Å²) in [5.41, 5.74) is -11.3. The lowest BCUT2D eigenvalue weighted by Crippen LogP contribution is -2.47. The van der Waals surface area contributed by atoms with Gasteiger partial charge in [-0.2, -0.15) is 105 Å². The van der Waals surface area contributed by atoms with E-state index in [2.05, 4.69) is 76.2 Å². The lowest BCUT2D eigenvalue weighted by atomic mass is 9.60. The largest absolute Gasteiger partial charge is 0.394 e. The molecular formula is C95H186F24. The zero-order valence-corrected chi connectivity index (χ0v) is 84.1. The van der Waals surface area contributed by atoms with Crippen molar-refractivity contribution in [1.82, 2.24) is 0 Å². The van der Waals surface area contributed by atoms with E-state index in [1.54, 1.807) is 90.0 Å². The summed E-state index contributed by atoms with van der Waals surface area (Å²) in [7, 11) is 0. The minimum atomic E-state index is -4.12. The van der Waals surface area contributed by atoms with Crippen LogP contribution in [0.25, 0.3) is 0 Å². The maximum atomic E-state index is 13.1. The number of alkyl halides is 24. The molecule has 0 amide bonds. The second-order valence-electron chi connectivity index (χ2n) is 40.1. The third kappa shape index (κ3) is 43.3. The Morgan fingerprint density at radius 3 is 0.496 bits per heavy atom. The van der Waals surface area contributed by atoms with Crippen molar-refractivity contribution in [3.05, 3.63) is 0 Å². The summed E-state index contributed by atoms with van der Waals surface area (Å²) in [6.07, 6.45) is -21.5. The summed E-state index contributed by atoms with van der Waals surface area (Å²) < 4.78 is 302. The Morgan fingerprint density at radius 2 is 0.437 bits per heavy atom. The second kappa shape index (κ2) is 55.9. The SMILES string of the molecule is CC(C)C(C(C)C)C(C)(C)C(F)(F)F.CCC(C)(CC)C(C)(C)C.CCC(C)(CC)C(F)(F)F.CCC(C)(CC)[C@](C)(CC)C(F)(F)F.CCC(CC)C(C)(C)C.CCC(CC)[C@](C)(CC)C(F)(F)F.CCCC(C)(CCC)C(F)(F)F.CCC[C@](C)(CC)C(F)(F)F.CC[C@@](C)(C(C(C)C)C(C)C)C(F)(F)F.CC[C@@](C)(C(C)C)C(F)(F)F. The van der Waals surface area contributed by atoms with Gasteiger partial charge in [-0.25, -0.2) is 0 Å². The summed E-state index contributed by atoms with van der Waals surface area (Å²) in [6.45, 7) is 81.0. The van der Waals surface area contributed by atoms with Crippen molar-refractivity contribution in [3.8, 4) is 0 Å².